The summed E-state index contributed by atoms with van der Waals surface area (Å²) >= 11 is 1.61. The van der Waals surface area contributed by atoms with E-state index >= 15 is 0 Å². The highest BCUT2D eigenvalue weighted by Crippen LogP contribution is 2.07. The predicted octanol–water partition coefficient (Wildman–Crippen LogP) is 2.93. The highest BCUT2D eigenvalue weighted by Gasteiger charge is 2.01. The zero-order valence-electron chi connectivity index (χ0n) is 10.4. The van der Waals surface area contributed by atoms with E-state index in [-0.39, 0.29) is 11.8 Å². The quantitative estimate of drug-likeness (QED) is 0.867. The fourth-order valence-electron chi connectivity index (χ4n) is 1.61. The first-order valence-corrected chi connectivity index (χ1v) is 6.90. The SMILES string of the molecule is O=C(NCCc1ccc(F)cc1)NCc1cccs1. The van der Waals surface area contributed by atoms with E-state index in [4.69, 9.17) is 0 Å². The van der Waals surface area contributed by atoms with Crippen LogP contribution < -0.4 is 10.6 Å². The second kappa shape index (κ2) is 6.89. The number of hydrogen-bond acceptors (Lipinski definition) is 2. The van der Waals surface area contributed by atoms with Gasteiger partial charge < -0.3 is 10.6 Å². The topological polar surface area (TPSA) is 41.1 Å². The number of rotatable bonds is 5. The summed E-state index contributed by atoms with van der Waals surface area (Å²) in [5.41, 5.74) is 1.000. The standard InChI is InChI=1S/C14H15FN2OS/c15-12-5-3-11(4-6-12)7-8-16-14(18)17-10-13-2-1-9-19-13/h1-6,9H,7-8,10H2,(H2,16,17,18). The van der Waals surface area contributed by atoms with Crippen LogP contribution in [0.2, 0.25) is 0 Å². The van der Waals surface area contributed by atoms with Gasteiger partial charge in [-0.25, -0.2) is 9.18 Å². The third kappa shape index (κ3) is 4.71. The highest BCUT2D eigenvalue weighted by molar-refractivity contribution is 7.09. The molecule has 2 aromatic rings. The Morgan fingerprint density at radius 2 is 1.95 bits per heavy atom. The van der Waals surface area contributed by atoms with E-state index in [1.54, 1.807) is 23.5 Å². The first-order valence-electron chi connectivity index (χ1n) is 6.02. The Bertz CT molecular complexity index is 511. The summed E-state index contributed by atoms with van der Waals surface area (Å²) in [4.78, 5) is 12.6. The summed E-state index contributed by atoms with van der Waals surface area (Å²) in [6.07, 6.45) is 0.687. The Morgan fingerprint density at radius 1 is 1.16 bits per heavy atom. The van der Waals surface area contributed by atoms with Gasteiger partial charge in [-0.15, -0.1) is 11.3 Å². The van der Waals surface area contributed by atoms with Crippen LogP contribution in [0.1, 0.15) is 10.4 Å². The average Bonchev–Trinajstić information content (AvgIpc) is 2.92. The van der Waals surface area contributed by atoms with Crippen molar-refractivity contribution in [2.75, 3.05) is 6.54 Å². The molecule has 0 spiro atoms. The normalized spacial score (nSPS) is 10.2. The summed E-state index contributed by atoms with van der Waals surface area (Å²) in [6.45, 7) is 1.07. The zero-order chi connectivity index (χ0) is 13.5. The lowest BCUT2D eigenvalue weighted by Crippen LogP contribution is -2.36. The number of carbonyl (C=O) groups excluding carboxylic acids is 1. The van der Waals surface area contributed by atoms with Gasteiger partial charge in [-0.05, 0) is 35.6 Å². The van der Waals surface area contributed by atoms with Gasteiger partial charge in [-0.1, -0.05) is 18.2 Å². The number of benzene rings is 1. The third-order valence-corrected chi connectivity index (χ3v) is 3.49. The van der Waals surface area contributed by atoms with Crippen LogP contribution in [-0.2, 0) is 13.0 Å². The van der Waals surface area contributed by atoms with Crippen LogP contribution in [0.15, 0.2) is 41.8 Å². The molecule has 0 bridgehead atoms. The van der Waals surface area contributed by atoms with Gasteiger partial charge in [0.25, 0.3) is 0 Å². The van der Waals surface area contributed by atoms with E-state index in [1.807, 2.05) is 17.5 Å². The molecule has 1 aromatic carbocycles. The second-order valence-electron chi connectivity index (χ2n) is 4.07. The predicted molar refractivity (Wildman–Crippen MR) is 74.7 cm³/mol. The minimum Gasteiger partial charge on any atom is -0.338 e. The second-order valence-corrected chi connectivity index (χ2v) is 5.10. The van der Waals surface area contributed by atoms with Crippen molar-refractivity contribution in [2.45, 2.75) is 13.0 Å². The number of amides is 2. The van der Waals surface area contributed by atoms with Gasteiger partial charge in [0.1, 0.15) is 5.82 Å². The molecule has 2 amide bonds. The van der Waals surface area contributed by atoms with Crippen LogP contribution in [0.5, 0.6) is 0 Å². The number of urea groups is 1. The molecule has 0 atom stereocenters. The van der Waals surface area contributed by atoms with Crippen molar-refractivity contribution in [2.24, 2.45) is 0 Å². The van der Waals surface area contributed by atoms with E-state index in [0.717, 1.165) is 10.4 Å². The smallest absolute Gasteiger partial charge is 0.315 e. The van der Waals surface area contributed by atoms with E-state index in [9.17, 15) is 9.18 Å². The molecule has 0 aliphatic carbocycles. The molecule has 0 radical (unpaired) electrons. The Morgan fingerprint density at radius 3 is 2.63 bits per heavy atom. The Balaban J connectivity index is 1.65. The molecule has 0 unspecified atom stereocenters. The molecular weight excluding hydrogens is 263 g/mol. The molecule has 19 heavy (non-hydrogen) atoms. The summed E-state index contributed by atoms with van der Waals surface area (Å²) in [6, 6.07) is 10.0. The molecule has 0 aliphatic rings. The molecular formula is C14H15FN2OS. The third-order valence-electron chi connectivity index (χ3n) is 2.62. The van der Waals surface area contributed by atoms with Crippen molar-refractivity contribution in [1.82, 2.24) is 10.6 Å². The molecule has 100 valence electrons. The molecule has 0 aliphatic heterocycles. The number of carbonyl (C=O) groups is 1. The first-order chi connectivity index (χ1) is 9.24. The summed E-state index contributed by atoms with van der Waals surface area (Å²) in [5.74, 6) is -0.245. The molecule has 0 saturated heterocycles. The van der Waals surface area contributed by atoms with Gasteiger partial charge in [0.05, 0.1) is 6.54 Å². The van der Waals surface area contributed by atoms with Crippen molar-refractivity contribution >= 4 is 17.4 Å². The molecule has 0 fully saturated rings. The molecule has 0 saturated carbocycles. The zero-order valence-corrected chi connectivity index (χ0v) is 11.2. The van der Waals surface area contributed by atoms with E-state index < -0.39 is 0 Å². The molecule has 3 nitrogen and oxygen atoms in total. The van der Waals surface area contributed by atoms with Crippen molar-refractivity contribution < 1.29 is 9.18 Å². The molecule has 1 aromatic heterocycles. The summed E-state index contributed by atoms with van der Waals surface area (Å²) in [7, 11) is 0. The van der Waals surface area contributed by atoms with Gasteiger partial charge in [0.15, 0.2) is 0 Å². The van der Waals surface area contributed by atoms with Crippen LogP contribution >= 0.6 is 11.3 Å². The summed E-state index contributed by atoms with van der Waals surface area (Å²) in [5, 5.41) is 7.53. The first kappa shape index (κ1) is 13.5. The van der Waals surface area contributed by atoms with E-state index in [2.05, 4.69) is 10.6 Å². The Hall–Kier alpha value is -1.88. The van der Waals surface area contributed by atoms with E-state index in [1.165, 1.54) is 12.1 Å². The lowest BCUT2D eigenvalue weighted by molar-refractivity contribution is 0.240. The molecule has 2 rings (SSSR count). The summed E-state index contributed by atoms with van der Waals surface area (Å²) < 4.78 is 12.7. The maximum Gasteiger partial charge on any atom is 0.315 e. The lowest BCUT2D eigenvalue weighted by Gasteiger charge is -2.06. The van der Waals surface area contributed by atoms with Crippen LogP contribution in [0.4, 0.5) is 9.18 Å². The fraction of sp³-hybridized carbons (Fsp3) is 0.214. The number of hydrogen-bond donors (Lipinski definition) is 2. The largest absolute Gasteiger partial charge is 0.338 e. The Kier molecular flexibility index (Phi) is 4.92. The minimum absolute atomic E-state index is 0.185. The monoisotopic (exact) mass is 278 g/mol. The van der Waals surface area contributed by atoms with E-state index in [0.29, 0.717) is 19.5 Å². The van der Waals surface area contributed by atoms with Crippen molar-refractivity contribution in [1.29, 1.82) is 0 Å². The van der Waals surface area contributed by atoms with Crippen molar-refractivity contribution in [3.8, 4) is 0 Å². The fourth-order valence-corrected chi connectivity index (χ4v) is 2.26. The van der Waals surface area contributed by atoms with Crippen LogP contribution in [0.3, 0.4) is 0 Å². The lowest BCUT2D eigenvalue weighted by atomic mass is 10.1. The van der Waals surface area contributed by atoms with Crippen molar-refractivity contribution in [3.05, 3.63) is 58.0 Å². The number of thiophene rings is 1. The number of nitrogens with one attached hydrogen (secondary N) is 2. The average molecular weight is 278 g/mol. The number of halogens is 1. The van der Waals surface area contributed by atoms with Gasteiger partial charge in [0.2, 0.25) is 0 Å². The van der Waals surface area contributed by atoms with Gasteiger partial charge >= 0.3 is 6.03 Å². The molecule has 5 heteroatoms. The van der Waals surface area contributed by atoms with Gasteiger partial charge in [0, 0.05) is 11.4 Å². The Labute approximate surface area is 115 Å². The molecule has 2 N–H and O–H groups in total. The highest BCUT2D eigenvalue weighted by atomic mass is 32.1. The van der Waals surface area contributed by atoms with Crippen LogP contribution in [-0.4, -0.2) is 12.6 Å². The van der Waals surface area contributed by atoms with Gasteiger partial charge in [-0.2, -0.15) is 0 Å². The van der Waals surface area contributed by atoms with Crippen LogP contribution in [0, 0.1) is 5.82 Å². The maximum atomic E-state index is 12.7. The van der Waals surface area contributed by atoms with Crippen LogP contribution in [0.25, 0.3) is 0 Å². The maximum absolute atomic E-state index is 12.7. The minimum atomic E-state index is -0.245. The van der Waals surface area contributed by atoms with Crippen molar-refractivity contribution in [3.63, 3.8) is 0 Å². The molecule has 1 heterocycles. The van der Waals surface area contributed by atoms with Gasteiger partial charge in [-0.3, -0.25) is 0 Å².